The van der Waals surface area contributed by atoms with Gasteiger partial charge in [-0.1, -0.05) is 72.1 Å². The number of likely N-dealkylation sites (tertiary alicyclic amines) is 1. The molecule has 0 radical (unpaired) electrons. The summed E-state index contributed by atoms with van der Waals surface area (Å²) in [5, 5.41) is 5.06. The van der Waals surface area contributed by atoms with Crippen molar-refractivity contribution in [3.05, 3.63) is 47.8 Å². The second-order valence-electron chi connectivity index (χ2n) is 7.93. The molecule has 0 atom stereocenters. The first-order valence-corrected chi connectivity index (χ1v) is 11.8. The van der Waals surface area contributed by atoms with Crippen molar-refractivity contribution in [1.29, 1.82) is 0 Å². The van der Waals surface area contributed by atoms with Gasteiger partial charge in [0.1, 0.15) is 0 Å². The lowest BCUT2D eigenvalue weighted by molar-refractivity contribution is 0.112. The van der Waals surface area contributed by atoms with Gasteiger partial charge in [0.15, 0.2) is 17.9 Å². The van der Waals surface area contributed by atoms with E-state index in [1.54, 1.807) is 0 Å². The molecule has 3 aromatic rings. The van der Waals surface area contributed by atoms with Crippen LogP contribution in [0.5, 0.6) is 0 Å². The summed E-state index contributed by atoms with van der Waals surface area (Å²) < 4.78 is -1.82. The topological polar surface area (TPSA) is 71.0 Å². The minimum atomic E-state index is -1.82. The van der Waals surface area contributed by atoms with Crippen LogP contribution in [0.4, 0.5) is 5.95 Å². The van der Waals surface area contributed by atoms with Crippen molar-refractivity contribution in [2.75, 3.05) is 31.5 Å². The SMILES string of the molecule is CCN1CCC(CNc2nc(-c3ccc4ccccc4c3C=O)nc(C(Cl)(Cl)Cl)n2)CC1. The largest absolute Gasteiger partial charge is 0.354 e. The number of nitrogens with one attached hydrogen (secondary N) is 1. The number of rotatable bonds is 6. The molecular formula is C23H24Cl3N5O. The maximum absolute atomic E-state index is 12.0. The number of anilines is 1. The molecule has 1 saturated heterocycles. The molecule has 0 bridgehead atoms. The molecule has 9 heteroatoms. The highest BCUT2D eigenvalue weighted by molar-refractivity contribution is 6.66. The van der Waals surface area contributed by atoms with Crippen LogP contribution >= 0.6 is 34.8 Å². The Balaban J connectivity index is 1.67. The zero-order valence-corrected chi connectivity index (χ0v) is 20.0. The summed E-state index contributed by atoms with van der Waals surface area (Å²) in [6.45, 7) is 6.16. The minimum Gasteiger partial charge on any atom is -0.354 e. The van der Waals surface area contributed by atoms with E-state index in [9.17, 15) is 4.79 Å². The molecule has 168 valence electrons. The van der Waals surface area contributed by atoms with Crippen LogP contribution < -0.4 is 5.32 Å². The van der Waals surface area contributed by atoms with E-state index >= 15 is 0 Å². The van der Waals surface area contributed by atoms with Crippen molar-refractivity contribution in [3.8, 4) is 11.4 Å². The molecule has 1 N–H and O–H groups in total. The number of aldehydes is 1. The van der Waals surface area contributed by atoms with E-state index in [0.717, 1.165) is 56.1 Å². The lowest BCUT2D eigenvalue weighted by Gasteiger charge is -2.31. The molecule has 32 heavy (non-hydrogen) atoms. The third-order valence-electron chi connectivity index (χ3n) is 5.92. The first kappa shape index (κ1) is 23.2. The maximum Gasteiger partial charge on any atom is 0.250 e. The molecule has 1 fully saturated rings. The average molecular weight is 493 g/mol. The number of piperidine rings is 1. The monoisotopic (exact) mass is 491 g/mol. The number of fused-ring (bicyclic) bond motifs is 1. The van der Waals surface area contributed by atoms with Crippen LogP contribution in [0, 0.1) is 5.92 Å². The molecule has 4 rings (SSSR count). The smallest absolute Gasteiger partial charge is 0.250 e. The van der Waals surface area contributed by atoms with Crippen molar-refractivity contribution in [3.63, 3.8) is 0 Å². The van der Waals surface area contributed by atoms with E-state index in [1.807, 2.05) is 36.4 Å². The molecule has 0 unspecified atom stereocenters. The van der Waals surface area contributed by atoms with Gasteiger partial charge < -0.3 is 10.2 Å². The lowest BCUT2D eigenvalue weighted by atomic mass is 9.97. The highest BCUT2D eigenvalue weighted by atomic mass is 35.6. The van der Waals surface area contributed by atoms with Crippen molar-refractivity contribution < 1.29 is 4.79 Å². The van der Waals surface area contributed by atoms with Gasteiger partial charge in [-0.15, -0.1) is 0 Å². The van der Waals surface area contributed by atoms with Gasteiger partial charge in [-0.05, 0) is 55.2 Å². The van der Waals surface area contributed by atoms with E-state index in [4.69, 9.17) is 34.8 Å². The Kier molecular flexibility index (Phi) is 7.15. The van der Waals surface area contributed by atoms with Crippen LogP contribution in [0.2, 0.25) is 0 Å². The number of carbonyl (C=O) groups excluding carboxylic acids is 1. The Morgan fingerprint density at radius 1 is 1.09 bits per heavy atom. The number of benzene rings is 2. The number of halogens is 3. The average Bonchev–Trinajstić information content (AvgIpc) is 2.81. The summed E-state index contributed by atoms with van der Waals surface area (Å²) in [6, 6.07) is 11.4. The van der Waals surface area contributed by atoms with E-state index in [-0.39, 0.29) is 11.6 Å². The van der Waals surface area contributed by atoms with Gasteiger partial charge in [0.2, 0.25) is 9.74 Å². The number of carbonyl (C=O) groups is 1. The summed E-state index contributed by atoms with van der Waals surface area (Å²) in [5.74, 6) is 1.15. The first-order chi connectivity index (χ1) is 15.4. The summed E-state index contributed by atoms with van der Waals surface area (Å²) in [4.78, 5) is 27.7. The summed E-state index contributed by atoms with van der Waals surface area (Å²) in [6.07, 6.45) is 3.02. The highest BCUT2D eigenvalue weighted by Gasteiger charge is 2.29. The number of hydrogen-bond acceptors (Lipinski definition) is 6. The molecule has 0 amide bonds. The van der Waals surface area contributed by atoms with E-state index in [1.165, 1.54) is 0 Å². The van der Waals surface area contributed by atoms with Gasteiger partial charge in [-0.3, -0.25) is 4.79 Å². The van der Waals surface area contributed by atoms with Crippen molar-refractivity contribution in [1.82, 2.24) is 19.9 Å². The van der Waals surface area contributed by atoms with Crippen molar-refractivity contribution >= 4 is 57.8 Å². The molecule has 2 aromatic carbocycles. The van der Waals surface area contributed by atoms with Crippen molar-refractivity contribution in [2.45, 2.75) is 23.6 Å². The van der Waals surface area contributed by atoms with Crippen LogP contribution in [0.3, 0.4) is 0 Å². The maximum atomic E-state index is 12.0. The molecular weight excluding hydrogens is 469 g/mol. The Labute approximate surface area is 202 Å². The minimum absolute atomic E-state index is 0.0146. The molecule has 0 aliphatic carbocycles. The molecule has 0 spiro atoms. The molecule has 6 nitrogen and oxygen atoms in total. The van der Waals surface area contributed by atoms with Gasteiger partial charge >= 0.3 is 0 Å². The fourth-order valence-electron chi connectivity index (χ4n) is 4.06. The van der Waals surface area contributed by atoms with Gasteiger partial charge in [0.25, 0.3) is 0 Å². The Morgan fingerprint density at radius 3 is 2.53 bits per heavy atom. The number of aromatic nitrogens is 3. The predicted molar refractivity (Wildman–Crippen MR) is 131 cm³/mol. The second kappa shape index (κ2) is 9.87. The normalized spacial score (nSPS) is 15.8. The molecule has 1 aliphatic rings. The highest BCUT2D eigenvalue weighted by Crippen LogP contribution is 2.37. The van der Waals surface area contributed by atoms with Crippen LogP contribution in [0.25, 0.3) is 22.2 Å². The van der Waals surface area contributed by atoms with Crippen LogP contribution in [-0.4, -0.2) is 52.3 Å². The summed E-state index contributed by atoms with van der Waals surface area (Å²) in [7, 11) is 0. The molecule has 0 saturated carbocycles. The third-order valence-corrected chi connectivity index (χ3v) is 6.43. The first-order valence-electron chi connectivity index (χ1n) is 10.7. The quantitative estimate of drug-likeness (QED) is 0.363. The van der Waals surface area contributed by atoms with E-state index in [0.29, 0.717) is 23.0 Å². The van der Waals surface area contributed by atoms with E-state index in [2.05, 4.69) is 32.1 Å². The fourth-order valence-corrected chi connectivity index (χ4v) is 4.32. The Bertz CT molecular complexity index is 1110. The number of hydrogen-bond donors (Lipinski definition) is 1. The summed E-state index contributed by atoms with van der Waals surface area (Å²) >= 11 is 18.3. The summed E-state index contributed by atoms with van der Waals surface area (Å²) in [5.41, 5.74) is 1.05. The predicted octanol–water partition coefficient (Wildman–Crippen LogP) is 5.47. The van der Waals surface area contributed by atoms with Gasteiger partial charge in [-0.25, -0.2) is 4.98 Å². The molecule has 1 aliphatic heterocycles. The van der Waals surface area contributed by atoms with Gasteiger partial charge in [0, 0.05) is 17.7 Å². The standard InChI is InChI=1S/C23H24Cl3N5O/c1-2-31-11-9-15(10-12-31)13-27-22-29-20(28-21(30-22)23(24,25)26)18-8-7-16-5-3-4-6-17(16)19(18)14-32/h3-8,14-15H,2,9-13H2,1H3,(H,27,28,29,30). The number of alkyl halides is 3. The second-order valence-corrected chi connectivity index (χ2v) is 10.2. The van der Waals surface area contributed by atoms with Crippen LogP contribution in [0.15, 0.2) is 36.4 Å². The third kappa shape index (κ3) is 5.15. The zero-order valence-electron chi connectivity index (χ0n) is 17.7. The Hall–Kier alpha value is -1.99. The molecule has 1 aromatic heterocycles. The van der Waals surface area contributed by atoms with Gasteiger partial charge in [-0.2, -0.15) is 9.97 Å². The van der Waals surface area contributed by atoms with Gasteiger partial charge in [0.05, 0.1) is 0 Å². The Morgan fingerprint density at radius 2 is 1.84 bits per heavy atom. The van der Waals surface area contributed by atoms with Crippen molar-refractivity contribution in [2.24, 2.45) is 5.92 Å². The zero-order chi connectivity index (χ0) is 22.7. The van der Waals surface area contributed by atoms with Crippen LogP contribution in [-0.2, 0) is 3.79 Å². The van der Waals surface area contributed by atoms with E-state index < -0.39 is 3.79 Å². The lowest BCUT2D eigenvalue weighted by Crippen LogP contribution is -2.35. The fraction of sp³-hybridized carbons (Fsp3) is 0.391. The number of nitrogens with zero attached hydrogens (tertiary/aromatic N) is 4. The molecule has 2 heterocycles. The van der Waals surface area contributed by atoms with Crippen LogP contribution in [0.1, 0.15) is 35.9 Å².